The monoisotopic (exact) mass is 224 g/mol. The zero-order valence-corrected chi connectivity index (χ0v) is 10.4. The highest BCUT2D eigenvalue weighted by atomic mass is 16.1. The maximum Gasteiger partial charge on any atom is 0.224 e. The molecule has 2 fully saturated rings. The van der Waals surface area contributed by atoms with Gasteiger partial charge in [0.05, 0.1) is 5.41 Å². The SMILES string of the molecule is CN1CCC(C(N)=O)(C2CCCCC2)CC1. The summed E-state index contributed by atoms with van der Waals surface area (Å²) in [5, 5.41) is 0. The van der Waals surface area contributed by atoms with E-state index < -0.39 is 0 Å². The maximum atomic E-state index is 11.9. The van der Waals surface area contributed by atoms with Crippen molar-refractivity contribution in [1.29, 1.82) is 0 Å². The molecular formula is C13H24N2O. The van der Waals surface area contributed by atoms with Crippen LogP contribution < -0.4 is 5.73 Å². The van der Waals surface area contributed by atoms with Crippen LogP contribution in [0.15, 0.2) is 0 Å². The average Bonchev–Trinajstić information content (AvgIpc) is 2.31. The van der Waals surface area contributed by atoms with E-state index >= 15 is 0 Å². The Morgan fingerprint density at radius 1 is 1.19 bits per heavy atom. The van der Waals surface area contributed by atoms with Crippen LogP contribution in [-0.2, 0) is 4.79 Å². The third kappa shape index (κ3) is 2.10. The van der Waals surface area contributed by atoms with Crippen LogP contribution in [0.25, 0.3) is 0 Å². The number of nitrogens with two attached hydrogens (primary N) is 1. The third-order valence-electron chi connectivity index (χ3n) is 4.76. The molecule has 2 N–H and O–H groups in total. The average molecular weight is 224 g/mol. The Balaban J connectivity index is 2.11. The van der Waals surface area contributed by atoms with Gasteiger partial charge in [0.2, 0.25) is 5.91 Å². The summed E-state index contributed by atoms with van der Waals surface area (Å²) in [5.41, 5.74) is 5.55. The number of piperidine rings is 1. The first-order valence-corrected chi connectivity index (χ1v) is 6.63. The van der Waals surface area contributed by atoms with E-state index in [1.54, 1.807) is 0 Å². The second-order valence-electron chi connectivity index (χ2n) is 5.66. The number of hydrogen-bond acceptors (Lipinski definition) is 2. The molecule has 3 heteroatoms. The molecule has 0 radical (unpaired) electrons. The van der Waals surface area contributed by atoms with Crippen LogP contribution in [0, 0.1) is 11.3 Å². The smallest absolute Gasteiger partial charge is 0.224 e. The highest BCUT2D eigenvalue weighted by Crippen LogP contribution is 2.45. The number of carbonyl (C=O) groups is 1. The van der Waals surface area contributed by atoms with Gasteiger partial charge in [0.25, 0.3) is 0 Å². The van der Waals surface area contributed by atoms with E-state index in [1.165, 1.54) is 32.1 Å². The number of primary amides is 1. The van der Waals surface area contributed by atoms with Crippen LogP contribution in [0.1, 0.15) is 44.9 Å². The Labute approximate surface area is 98.4 Å². The molecule has 1 saturated carbocycles. The lowest BCUT2D eigenvalue weighted by Crippen LogP contribution is -2.50. The Kier molecular flexibility index (Phi) is 3.53. The van der Waals surface area contributed by atoms with Crippen molar-refractivity contribution in [1.82, 2.24) is 4.90 Å². The topological polar surface area (TPSA) is 46.3 Å². The van der Waals surface area contributed by atoms with E-state index in [0.717, 1.165) is 25.9 Å². The lowest BCUT2D eigenvalue weighted by molar-refractivity contribution is -0.135. The Morgan fingerprint density at radius 2 is 1.75 bits per heavy atom. The van der Waals surface area contributed by atoms with Gasteiger partial charge in [0, 0.05) is 0 Å². The van der Waals surface area contributed by atoms with E-state index in [1.807, 2.05) is 0 Å². The molecule has 1 aliphatic carbocycles. The Hall–Kier alpha value is -0.570. The van der Waals surface area contributed by atoms with E-state index in [-0.39, 0.29) is 11.3 Å². The van der Waals surface area contributed by atoms with Crippen molar-refractivity contribution < 1.29 is 4.79 Å². The lowest BCUT2D eigenvalue weighted by atomic mass is 9.63. The molecule has 16 heavy (non-hydrogen) atoms. The van der Waals surface area contributed by atoms with Gasteiger partial charge in [0.15, 0.2) is 0 Å². The molecule has 0 aromatic rings. The minimum atomic E-state index is -0.174. The number of carbonyl (C=O) groups excluding carboxylic acids is 1. The van der Waals surface area contributed by atoms with Crippen molar-refractivity contribution in [3.8, 4) is 0 Å². The fraction of sp³-hybridized carbons (Fsp3) is 0.923. The molecule has 2 aliphatic rings. The molecular weight excluding hydrogens is 200 g/mol. The van der Waals surface area contributed by atoms with Crippen LogP contribution in [0.5, 0.6) is 0 Å². The molecule has 2 rings (SSSR count). The van der Waals surface area contributed by atoms with Crippen molar-refractivity contribution in [3.05, 3.63) is 0 Å². The van der Waals surface area contributed by atoms with Gasteiger partial charge in [-0.05, 0) is 51.7 Å². The molecule has 1 aliphatic heterocycles. The quantitative estimate of drug-likeness (QED) is 0.777. The van der Waals surface area contributed by atoms with Crippen molar-refractivity contribution in [2.24, 2.45) is 17.1 Å². The summed E-state index contributed by atoms with van der Waals surface area (Å²) in [7, 11) is 2.13. The summed E-state index contributed by atoms with van der Waals surface area (Å²) < 4.78 is 0. The molecule has 1 amide bonds. The number of likely N-dealkylation sites (tertiary alicyclic amines) is 1. The molecule has 0 bridgehead atoms. The summed E-state index contributed by atoms with van der Waals surface area (Å²) in [6.45, 7) is 2.05. The second kappa shape index (κ2) is 4.74. The molecule has 0 spiro atoms. The van der Waals surface area contributed by atoms with Crippen LogP contribution in [0.3, 0.4) is 0 Å². The zero-order chi connectivity index (χ0) is 11.6. The van der Waals surface area contributed by atoms with Gasteiger partial charge in [-0.1, -0.05) is 19.3 Å². The van der Waals surface area contributed by atoms with E-state index in [0.29, 0.717) is 5.92 Å². The van der Waals surface area contributed by atoms with E-state index in [9.17, 15) is 4.79 Å². The summed E-state index contributed by atoms with van der Waals surface area (Å²) >= 11 is 0. The summed E-state index contributed by atoms with van der Waals surface area (Å²) in [6, 6.07) is 0. The van der Waals surface area contributed by atoms with Gasteiger partial charge < -0.3 is 10.6 Å². The first-order valence-electron chi connectivity index (χ1n) is 6.63. The van der Waals surface area contributed by atoms with Gasteiger partial charge in [-0.3, -0.25) is 4.79 Å². The summed E-state index contributed by atoms with van der Waals surface area (Å²) in [6.07, 6.45) is 8.29. The molecule has 0 atom stereocenters. The molecule has 92 valence electrons. The zero-order valence-electron chi connectivity index (χ0n) is 10.4. The normalized spacial score (nSPS) is 27.8. The van der Waals surface area contributed by atoms with Crippen molar-refractivity contribution in [2.75, 3.05) is 20.1 Å². The van der Waals surface area contributed by atoms with E-state index in [2.05, 4.69) is 11.9 Å². The van der Waals surface area contributed by atoms with Crippen molar-refractivity contribution in [3.63, 3.8) is 0 Å². The fourth-order valence-corrected chi connectivity index (χ4v) is 3.53. The minimum absolute atomic E-state index is 0.0347. The van der Waals surface area contributed by atoms with Crippen molar-refractivity contribution >= 4 is 5.91 Å². The molecule has 0 aromatic carbocycles. The first-order chi connectivity index (χ1) is 7.65. The van der Waals surface area contributed by atoms with Gasteiger partial charge >= 0.3 is 0 Å². The van der Waals surface area contributed by atoms with Crippen molar-refractivity contribution in [2.45, 2.75) is 44.9 Å². The van der Waals surface area contributed by atoms with Gasteiger partial charge in [0.1, 0.15) is 0 Å². The third-order valence-corrected chi connectivity index (χ3v) is 4.76. The van der Waals surface area contributed by atoms with E-state index in [4.69, 9.17) is 5.73 Å². The van der Waals surface area contributed by atoms with Gasteiger partial charge in [-0.25, -0.2) is 0 Å². The number of amides is 1. The fourth-order valence-electron chi connectivity index (χ4n) is 3.53. The molecule has 3 nitrogen and oxygen atoms in total. The molecule has 0 aromatic heterocycles. The van der Waals surface area contributed by atoms with Gasteiger partial charge in [-0.2, -0.15) is 0 Å². The number of nitrogens with zero attached hydrogens (tertiary/aromatic N) is 1. The van der Waals surface area contributed by atoms with Crippen LogP contribution in [0.2, 0.25) is 0 Å². The largest absolute Gasteiger partial charge is 0.369 e. The standard InChI is InChI=1S/C13H24N2O/c1-15-9-7-13(8-10-15,12(14)16)11-5-3-2-4-6-11/h11H,2-10H2,1H3,(H2,14,16). The molecule has 1 saturated heterocycles. The highest BCUT2D eigenvalue weighted by Gasteiger charge is 2.45. The van der Waals surface area contributed by atoms with Crippen LogP contribution >= 0.6 is 0 Å². The van der Waals surface area contributed by atoms with Crippen LogP contribution in [0.4, 0.5) is 0 Å². The Bertz CT molecular complexity index is 251. The molecule has 1 heterocycles. The lowest BCUT2D eigenvalue weighted by Gasteiger charge is -2.45. The number of rotatable bonds is 2. The highest BCUT2D eigenvalue weighted by molar-refractivity contribution is 5.81. The minimum Gasteiger partial charge on any atom is -0.369 e. The predicted molar refractivity (Wildman–Crippen MR) is 64.9 cm³/mol. The van der Waals surface area contributed by atoms with Crippen LogP contribution in [-0.4, -0.2) is 30.9 Å². The summed E-state index contributed by atoms with van der Waals surface area (Å²) in [4.78, 5) is 14.2. The second-order valence-corrected chi connectivity index (χ2v) is 5.66. The molecule has 0 unspecified atom stereocenters. The predicted octanol–water partition coefficient (Wildman–Crippen LogP) is 1.76. The number of hydrogen-bond donors (Lipinski definition) is 1. The Morgan fingerprint density at radius 3 is 2.25 bits per heavy atom. The first kappa shape index (κ1) is 11.9. The summed E-state index contributed by atoms with van der Waals surface area (Å²) in [5.74, 6) is 0.528. The van der Waals surface area contributed by atoms with Gasteiger partial charge in [-0.15, -0.1) is 0 Å². The maximum absolute atomic E-state index is 11.9.